The van der Waals surface area contributed by atoms with Gasteiger partial charge in [0.25, 0.3) is 0 Å². The third-order valence-corrected chi connectivity index (χ3v) is 7.82. The normalized spacial score (nSPS) is 24.8. The fraction of sp³-hybridized carbons (Fsp3) is 0.536. The Balaban J connectivity index is 1.38. The Morgan fingerprint density at radius 3 is 2.58 bits per heavy atom. The summed E-state index contributed by atoms with van der Waals surface area (Å²) in [6, 6.07) is 7.30. The lowest BCUT2D eigenvalue weighted by molar-refractivity contribution is -0.159. The molecule has 206 valence electrons. The number of likely N-dealkylation sites (N-methyl/N-ethyl adjacent to an activating group) is 1. The molecule has 4 heterocycles. The molecule has 5 rings (SSSR count). The molecule has 6 nitrogen and oxygen atoms in total. The standard InChI is InChI=1S/C28H36F4N6/c1-19-13-21-14-20(25-9-12-36(3)34-25)5-7-24(21)27(38(19)18-28(30,31)32)26-8-6-22(15-35(26)2)33-23-16-37(17-23)11-4-10-29/h5-9,12,14-15,19,23,26-27,33H,4,10-11,13,16-18H2,1-3H3/t19-,26?,27+/m1/s1. The van der Waals surface area contributed by atoms with Gasteiger partial charge in [0.1, 0.15) is 0 Å². The van der Waals surface area contributed by atoms with Crippen LogP contribution < -0.4 is 5.32 Å². The van der Waals surface area contributed by atoms with Gasteiger partial charge in [0.2, 0.25) is 0 Å². The number of nitrogens with one attached hydrogen (secondary N) is 1. The maximum atomic E-state index is 13.7. The first-order valence-corrected chi connectivity index (χ1v) is 13.2. The van der Waals surface area contributed by atoms with Gasteiger partial charge in [0, 0.05) is 57.7 Å². The molecule has 38 heavy (non-hydrogen) atoms. The topological polar surface area (TPSA) is 39.6 Å². The van der Waals surface area contributed by atoms with Gasteiger partial charge in [-0.2, -0.15) is 18.3 Å². The van der Waals surface area contributed by atoms with Crippen LogP contribution in [0.15, 0.2) is 54.5 Å². The van der Waals surface area contributed by atoms with E-state index in [0.717, 1.165) is 47.7 Å². The molecule has 10 heteroatoms. The molecule has 3 aliphatic rings. The molecule has 0 amide bonds. The van der Waals surface area contributed by atoms with Gasteiger partial charge in [-0.05, 0) is 49.1 Å². The van der Waals surface area contributed by atoms with Crippen molar-refractivity contribution in [3.8, 4) is 11.3 Å². The van der Waals surface area contributed by atoms with Crippen LogP contribution in [-0.2, 0) is 13.5 Å². The quantitative estimate of drug-likeness (QED) is 0.514. The summed E-state index contributed by atoms with van der Waals surface area (Å²) >= 11 is 0. The molecular formula is C28H36F4N6. The van der Waals surface area contributed by atoms with Crippen molar-refractivity contribution in [1.29, 1.82) is 0 Å². The van der Waals surface area contributed by atoms with E-state index in [2.05, 4.69) is 21.4 Å². The summed E-state index contributed by atoms with van der Waals surface area (Å²) in [7, 11) is 3.79. The van der Waals surface area contributed by atoms with E-state index >= 15 is 0 Å². The predicted molar refractivity (Wildman–Crippen MR) is 140 cm³/mol. The number of aromatic nitrogens is 2. The van der Waals surface area contributed by atoms with E-state index in [0.29, 0.717) is 12.8 Å². The number of rotatable bonds is 8. The zero-order valence-electron chi connectivity index (χ0n) is 22.1. The maximum absolute atomic E-state index is 13.7. The molecule has 1 aromatic heterocycles. The number of fused-ring (bicyclic) bond motifs is 1. The molecule has 3 aliphatic heterocycles. The third kappa shape index (κ3) is 5.76. The van der Waals surface area contributed by atoms with Gasteiger partial charge in [0.05, 0.1) is 42.7 Å². The first-order valence-electron chi connectivity index (χ1n) is 13.2. The molecule has 1 aromatic carbocycles. The summed E-state index contributed by atoms with van der Waals surface area (Å²) < 4.78 is 55.4. The van der Waals surface area contributed by atoms with Crippen molar-refractivity contribution >= 4 is 0 Å². The molecule has 0 aliphatic carbocycles. The SMILES string of the molecule is C[C@@H]1Cc2cc(-c3ccn(C)n3)ccc2[C@@H](C2C=CC(NC3CN(CCCF)C3)=CN2C)N1CC(F)(F)F. The molecular weight excluding hydrogens is 496 g/mol. The van der Waals surface area contributed by atoms with Gasteiger partial charge < -0.3 is 10.2 Å². The van der Waals surface area contributed by atoms with Crippen LogP contribution in [0.4, 0.5) is 17.6 Å². The van der Waals surface area contributed by atoms with E-state index in [1.54, 1.807) is 9.58 Å². The van der Waals surface area contributed by atoms with Gasteiger partial charge in [-0.1, -0.05) is 18.2 Å². The van der Waals surface area contributed by atoms with Gasteiger partial charge in [0.15, 0.2) is 0 Å². The van der Waals surface area contributed by atoms with Crippen LogP contribution in [0.2, 0.25) is 0 Å². The molecule has 1 unspecified atom stereocenters. The number of likely N-dealkylation sites (tertiary alicyclic amines) is 1. The van der Waals surface area contributed by atoms with Gasteiger partial charge in [-0.3, -0.25) is 18.9 Å². The lowest BCUT2D eigenvalue weighted by Gasteiger charge is -2.48. The fourth-order valence-corrected chi connectivity index (χ4v) is 5.99. The summed E-state index contributed by atoms with van der Waals surface area (Å²) in [6.07, 6.45) is 4.69. The van der Waals surface area contributed by atoms with Gasteiger partial charge in [-0.15, -0.1) is 0 Å². The third-order valence-electron chi connectivity index (χ3n) is 7.82. The number of nitrogens with zero attached hydrogens (tertiary/aromatic N) is 5. The van der Waals surface area contributed by atoms with Crippen molar-refractivity contribution < 1.29 is 17.6 Å². The van der Waals surface area contributed by atoms with Crippen LogP contribution >= 0.6 is 0 Å². The highest BCUT2D eigenvalue weighted by Crippen LogP contribution is 2.41. The summed E-state index contributed by atoms with van der Waals surface area (Å²) in [5.74, 6) is 0. The molecule has 0 saturated carbocycles. The van der Waals surface area contributed by atoms with Gasteiger partial charge >= 0.3 is 6.18 Å². The maximum Gasteiger partial charge on any atom is 0.401 e. The minimum atomic E-state index is -4.30. The number of aryl methyl sites for hydroxylation is 1. The van der Waals surface area contributed by atoms with Crippen molar-refractivity contribution in [2.24, 2.45) is 7.05 Å². The summed E-state index contributed by atoms with van der Waals surface area (Å²) in [4.78, 5) is 5.84. The fourth-order valence-electron chi connectivity index (χ4n) is 5.99. The van der Waals surface area contributed by atoms with E-state index < -0.39 is 18.8 Å². The Bertz CT molecular complexity index is 1180. The van der Waals surface area contributed by atoms with Crippen LogP contribution in [0, 0.1) is 0 Å². The first kappa shape index (κ1) is 26.7. The number of halogens is 4. The van der Waals surface area contributed by atoms with Crippen molar-refractivity contribution in [3.63, 3.8) is 0 Å². The van der Waals surface area contributed by atoms with E-state index in [-0.39, 0.29) is 24.8 Å². The van der Waals surface area contributed by atoms with Crippen molar-refractivity contribution in [3.05, 3.63) is 65.6 Å². The zero-order chi connectivity index (χ0) is 27.0. The van der Waals surface area contributed by atoms with E-state index in [1.807, 2.05) is 68.7 Å². The Hall–Kier alpha value is -2.85. The number of hydrogen-bond acceptors (Lipinski definition) is 5. The Labute approximate surface area is 221 Å². The Morgan fingerprint density at radius 2 is 1.92 bits per heavy atom. The van der Waals surface area contributed by atoms with Crippen molar-refractivity contribution in [2.45, 2.75) is 50.1 Å². The Kier molecular flexibility index (Phi) is 7.55. The summed E-state index contributed by atoms with van der Waals surface area (Å²) in [5, 5.41) is 8.02. The highest BCUT2D eigenvalue weighted by Gasteiger charge is 2.43. The minimum absolute atomic E-state index is 0.257. The molecule has 1 saturated heterocycles. The van der Waals surface area contributed by atoms with E-state index in [1.165, 1.54) is 0 Å². The minimum Gasteiger partial charge on any atom is -0.379 e. The molecule has 1 fully saturated rings. The van der Waals surface area contributed by atoms with Crippen LogP contribution in [-0.4, -0.2) is 88.7 Å². The molecule has 0 spiro atoms. The zero-order valence-corrected chi connectivity index (χ0v) is 22.1. The number of hydrogen-bond donors (Lipinski definition) is 1. The first-order chi connectivity index (χ1) is 18.1. The molecule has 0 bridgehead atoms. The van der Waals surface area contributed by atoms with Crippen molar-refractivity contribution in [2.75, 3.05) is 39.9 Å². The predicted octanol–water partition coefficient (Wildman–Crippen LogP) is 4.28. The Morgan fingerprint density at radius 1 is 1.13 bits per heavy atom. The van der Waals surface area contributed by atoms with Crippen LogP contribution in [0.5, 0.6) is 0 Å². The molecule has 3 atom stereocenters. The largest absolute Gasteiger partial charge is 0.401 e. The van der Waals surface area contributed by atoms with Crippen LogP contribution in [0.1, 0.15) is 30.5 Å². The lowest BCUT2D eigenvalue weighted by atomic mass is 9.83. The van der Waals surface area contributed by atoms with E-state index in [4.69, 9.17) is 0 Å². The van der Waals surface area contributed by atoms with Crippen LogP contribution in [0.3, 0.4) is 0 Å². The van der Waals surface area contributed by atoms with E-state index in [9.17, 15) is 17.6 Å². The number of alkyl halides is 4. The highest BCUT2D eigenvalue weighted by atomic mass is 19.4. The second-order valence-electron chi connectivity index (χ2n) is 10.8. The van der Waals surface area contributed by atoms with Gasteiger partial charge in [-0.25, -0.2) is 0 Å². The number of allylic oxidation sites excluding steroid dienone is 1. The average Bonchev–Trinajstić information content (AvgIpc) is 3.27. The highest BCUT2D eigenvalue weighted by molar-refractivity contribution is 5.61. The van der Waals surface area contributed by atoms with Crippen LogP contribution in [0.25, 0.3) is 11.3 Å². The monoisotopic (exact) mass is 532 g/mol. The van der Waals surface area contributed by atoms with Crippen molar-refractivity contribution in [1.82, 2.24) is 29.8 Å². The molecule has 0 radical (unpaired) electrons. The molecule has 1 N–H and O–H groups in total. The number of benzene rings is 1. The summed E-state index contributed by atoms with van der Waals surface area (Å²) in [6.45, 7) is 3.13. The smallest absolute Gasteiger partial charge is 0.379 e. The lowest BCUT2D eigenvalue weighted by Crippen LogP contribution is -2.58. The molecule has 2 aromatic rings. The second kappa shape index (κ2) is 10.7. The average molecular weight is 533 g/mol. The summed E-state index contributed by atoms with van der Waals surface area (Å²) in [5.41, 5.74) is 4.77. The second-order valence-corrected chi connectivity index (χ2v) is 10.8.